The van der Waals surface area contributed by atoms with Crippen LogP contribution in [0.25, 0.3) is 0 Å². The Morgan fingerprint density at radius 3 is 2.03 bits per heavy atom. The van der Waals surface area contributed by atoms with Gasteiger partial charge in [0.1, 0.15) is 29.9 Å². The third kappa shape index (κ3) is 24.2. The number of nitrogens with zero attached hydrogens (tertiary/aromatic N) is 2. The molecule has 9 N–H and O–H groups in total. The van der Waals surface area contributed by atoms with Gasteiger partial charge >= 0.3 is 23.9 Å². The van der Waals surface area contributed by atoms with Crippen LogP contribution in [0.3, 0.4) is 0 Å². The topological polar surface area (TPSA) is 370 Å². The average molecular weight is 1430 g/mol. The number of allylic oxidation sites excluding steroid dienone is 7. The lowest BCUT2D eigenvalue weighted by Crippen LogP contribution is -2.46. The van der Waals surface area contributed by atoms with Crippen molar-refractivity contribution in [2.45, 2.75) is 217 Å². The third-order valence-corrected chi connectivity index (χ3v) is 20.2. The highest BCUT2D eigenvalue weighted by Crippen LogP contribution is 2.49. The Labute approximate surface area is 587 Å². The molecule has 24 nitrogen and oxygen atoms in total. The number of carboxylic acids is 3. The van der Waals surface area contributed by atoms with Gasteiger partial charge in [-0.25, -0.2) is 9.59 Å². The number of nitrogens with one attached hydrogen (secondary N) is 4. The van der Waals surface area contributed by atoms with Crippen LogP contribution >= 0.6 is 0 Å². The van der Waals surface area contributed by atoms with E-state index >= 15 is 0 Å². The number of hydrogen-bond acceptors (Lipinski definition) is 14. The fourth-order valence-electron chi connectivity index (χ4n) is 13.1. The van der Waals surface area contributed by atoms with Crippen molar-refractivity contribution in [2.75, 3.05) is 36.8 Å². The molecule has 4 amide bonds. The minimum atomic E-state index is -4.50. The Kier molecular flexibility index (Phi) is 30.6. The molecule has 3 atom stereocenters. The molecule has 0 saturated carbocycles. The molecule has 0 radical (unpaired) electrons. The van der Waals surface area contributed by atoms with Crippen LogP contribution in [-0.4, -0.2) is 143 Å². The van der Waals surface area contributed by atoms with Gasteiger partial charge in [-0.2, -0.15) is 21.4 Å². The van der Waals surface area contributed by atoms with E-state index in [9.17, 15) is 74.5 Å². The highest BCUT2D eigenvalue weighted by atomic mass is 32.2. The van der Waals surface area contributed by atoms with Gasteiger partial charge in [0.15, 0.2) is 11.5 Å². The number of hydrogen-bond donors (Lipinski definition) is 9. The number of Topliss-reactive ketones (excluding diaryl/α,β-unsaturated/α-hetero) is 2. The zero-order valence-corrected chi connectivity index (χ0v) is 60.1. The highest BCUT2D eigenvalue weighted by molar-refractivity contribution is 7.86. The summed E-state index contributed by atoms with van der Waals surface area (Å²) in [5.74, 6) is -5.88. The zero-order chi connectivity index (χ0) is 73.4. The number of carboxylic acid groups (broad SMARTS) is 3. The molecule has 3 aromatic rings. The number of amides is 4. The lowest BCUT2D eigenvalue weighted by Gasteiger charge is -2.27. The third-order valence-electron chi connectivity index (χ3n) is 18.5. The van der Waals surface area contributed by atoms with Crippen LogP contribution in [0.5, 0.6) is 5.75 Å². The van der Waals surface area contributed by atoms with Crippen molar-refractivity contribution >= 4 is 84.6 Å². The van der Waals surface area contributed by atoms with E-state index in [1.54, 1.807) is 43.3 Å². The molecule has 0 saturated heterocycles. The standard InChI is InChI=1S/C74H100N6O18S2/c1-7-9-18-43-80-62-39-37-56(100(95,96)97)48-58(62)74(5,6)65(80)41-33-52-24-21-23-51(32-40-64-73(3,4)57-26-16-17-27-61(57)79(64)44-19-20-45-99(92,93)94)69(52)98-55-35-30-50(31-36-55)46-53(70(87)88)47-63(82)60(49-67(84)75-8-2)77-66(83)28-15-13-11-10-12-14-25-54(81)34-38-59(71(89)90)78-72(91)76-42-22-29-68(85)86/h16-17,26-27,30-33,35-37,39-41,48,53,59-60H,7-15,18-25,28-29,34,38,42-47,49H2,1-6H3,(H8-,75,76,77,78,83,84,85,86,87,88,89,90,91,92,93,94,95,96,97)/p+1/t53-,59+,60+/m1/s1. The summed E-state index contributed by atoms with van der Waals surface area (Å²) < 4.78 is 77.0. The molecule has 1 aliphatic carbocycles. The summed E-state index contributed by atoms with van der Waals surface area (Å²) in [7, 11) is -8.65. The second-order valence-electron chi connectivity index (χ2n) is 27.0. The van der Waals surface area contributed by atoms with Crippen LogP contribution in [0.2, 0.25) is 0 Å². The maximum Gasteiger partial charge on any atom is 0.326 e. The lowest BCUT2D eigenvalue weighted by atomic mass is 9.81. The van der Waals surface area contributed by atoms with E-state index in [0.29, 0.717) is 75.1 Å². The maximum atomic E-state index is 14.0. The van der Waals surface area contributed by atoms with E-state index < -0.39 is 103 Å². The number of benzene rings is 3. The second kappa shape index (κ2) is 37.9. The number of carbonyl (C=O) groups is 8. The van der Waals surface area contributed by atoms with Crippen molar-refractivity contribution in [3.63, 3.8) is 0 Å². The minimum Gasteiger partial charge on any atom is -0.481 e. The van der Waals surface area contributed by atoms with Gasteiger partial charge in [-0.05, 0) is 150 Å². The molecule has 3 aromatic carbocycles. The van der Waals surface area contributed by atoms with Crippen molar-refractivity contribution in [2.24, 2.45) is 5.92 Å². The Morgan fingerprint density at radius 2 is 1.37 bits per heavy atom. The lowest BCUT2D eigenvalue weighted by molar-refractivity contribution is -0.438. The summed E-state index contributed by atoms with van der Waals surface area (Å²) in [5.41, 5.74) is 6.76. The molecule has 3 aliphatic rings. The van der Waals surface area contributed by atoms with Gasteiger partial charge in [-0.1, -0.05) is 95.7 Å². The van der Waals surface area contributed by atoms with Crippen molar-refractivity contribution in [3.05, 3.63) is 130 Å². The number of anilines is 1. The molecule has 0 spiro atoms. The molecule has 6 rings (SSSR count). The molecule has 0 bridgehead atoms. The molecule has 2 heterocycles. The van der Waals surface area contributed by atoms with Crippen LogP contribution in [0.4, 0.5) is 16.2 Å². The molecule has 26 heteroatoms. The second-order valence-corrected chi connectivity index (χ2v) is 30.0. The van der Waals surface area contributed by atoms with E-state index in [-0.39, 0.29) is 80.9 Å². The first kappa shape index (κ1) is 80.6. The summed E-state index contributed by atoms with van der Waals surface area (Å²) >= 11 is 0. The fourth-order valence-corrected chi connectivity index (χ4v) is 14.1. The Bertz CT molecular complexity index is 3830. The van der Waals surface area contributed by atoms with Gasteiger partial charge in [0.2, 0.25) is 17.5 Å². The summed E-state index contributed by atoms with van der Waals surface area (Å²) in [6, 6.07) is 16.4. The monoisotopic (exact) mass is 1430 g/mol. The highest BCUT2D eigenvalue weighted by Gasteiger charge is 2.45. The molecule has 100 heavy (non-hydrogen) atoms. The van der Waals surface area contributed by atoms with Crippen LogP contribution in [0, 0.1) is 5.92 Å². The molecule has 0 unspecified atom stereocenters. The van der Waals surface area contributed by atoms with Crippen LogP contribution in [-0.2, 0) is 71.0 Å². The summed E-state index contributed by atoms with van der Waals surface area (Å²) in [6.45, 7) is 13.6. The van der Waals surface area contributed by atoms with Gasteiger partial charge in [0.05, 0.1) is 34.4 Å². The molecule has 0 fully saturated rings. The summed E-state index contributed by atoms with van der Waals surface area (Å²) in [5, 5.41) is 38.8. The number of carbonyl (C=O) groups excluding carboxylic acids is 5. The van der Waals surface area contributed by atoms with Crippen molar-refractivity contribution in [1.82, 2.24) is 21.3 Å². The summed E-state index contributed by atoms with van der Waals surface area (Å²) in [4.78, 5) is 102. The molecular formula is C74H101N6O18S2+. The van der Waals surface area contributed by atoms with E-state index in [4.69, 9.17) is 9.84 Å². The molecule has 2 aliphatic heterocycles. The number of urea groups is 1. The predicted octanol–water partition coefficient (Wildman–Crippen LogP) is 11.1. The van der Waals surface area contributed by atoms with Gasteiger partial charge in [0.25, 0.3) is 20.2 Å². The van der Waals surface area contributed by atoms with Gasteiger partial charge in [0, 0.05) is 92.7 Å². The first-order chi connectivity index (χ1) is 47.3. The molecular weight excluding hydrogens is 1320 g/mol. The minimum absolute atomic E-state index is 0.0414. The number of fused-ring (bicyclic) bond motifs is 2. The van der Waals surface area contributed by atoms with E-state index in [2.05, 4.69) is 75.8 Å². The van der Waals surface area contributed by atoms with Crippen molar-refractivity contribution < 1.29 is 88.9 Å². The van der Waals surface area contributed by atoms with E-state index in [1.807, 2.05) is 38.1 Å². The Morgan fingerprint density at radius 1 is 0.670 bits per heavy atom. The Balaban J connectivity index is 1.16. The predicted molar refractivity (Wildman–Crippen MR) is 380 cm³/mol. The van der Waals surface area contributed by atoms with Crippen molar-refractivity contribution in [3.8, 4) is 5.75 Å². The SMILES string of the molecule is CCCCCN1/C(=C/C=C2\CCCC(/C=C/C3=[N+](CCCCS(=O)(=O)O)c4ccccc4C3(C)C)=C2Oc2ccc(C[C@H](CC(=O)[C@H](CC(=O)NCC)NC(=O)CCCCCCCCC(=O)CC[C@H](NC(=O)NCCCC(=O)O)C(=O)O)C(=O)O)cc2)C(C)(C)c2cc(S(=O)(=O)O)ccc21. The van der Waals surface area contributed by atoms with Crippen LogP contribution < -0.4 is 30.9 Å². The quantitative estimate of drug-likeness (QED) is 0.0144. The normalized spacial score (nSPS) is 16.6. The number of rotatable bonds is 43. The number of aliphatic carboxylic acids is 3. The zero-order valence-electron chi connectivity index (χ0n) is 58.4. The fraction of sp³-hybridized carbons (Fsp3) is 0.527. The van der Waals surface area contributed by atoms with Crippen LogP contribution in [0.15, 0.2) is 119 Å². The summed E-state index contributed by atoms with van der Waals surface area (Å²) in [6.07, 6.45) is 16.9. The Hall–Kier alpha value is -8.33. The molecule has 546 valence electrons. The van der Waals surface area contributed by atoms with Crippen LogP contribution in [0.1, 0.15) is 199 Å². The number of ether oxygens (including phenoxy) is 1. The van der Waals surface area contributed by atoms with Gasteiger partial charge in [-0.3, -0.25) is 37.9 Å². The average Bonchev–Trinajstić information content (AvgIpc) is 1.60. The number of unbranched alkanes of at least 4 members (excludes halogenated alkanes) is 8. The number of para-hydroxylation sites is 1. The maximum absolute atomic E-state index is 14.0. The van der Waals surface area contributed by atoms with Crippen molar-refractivity contribution in [1.29, 1.82) is 0 Å². The van der Waals surface area contributed by atoms with E-state index in [1.165, 1.54) is 6.07 Å². The van der Waals surface area contributed by atoms with E-state index in [0.717, 1.165) is 83.6 Å². The largest absolute Gasteiger partial charge is 0.481 e. The first-order valence-electron chi connectivity index (χ1n) is 34.9. The molecule has 0 aromatic heterocycles. The smallest absolute Gasteiger partial charge is 0.326 e. The first-order valence-corrected chi connectivity index (χ1v) is 37.9. The van der Waals surface area contributed by atoms with Gasteiger partial charge < -0.3 is 46.2 Å². The number of ketones is 2. The van der Waals surface area contributed by atoms with Gasteiger partial charge in [-0.15, -0.1) is 0 Å².